The zero-order valence-electron chi connectivity index (χ0n) is 20.9. The van der Waals surface area contributed by atoms with Gasteiger partial charge in [-0.15, -0.1) is 0 Å². The Bertz CT molecular complexity index is 1580. The van der Waals surface area contributed by atoms with Crippen molar-refractivity contribution in [1.29, 1.82) is 0 Å². The van der Waals surface area contributed by atoms with Crippen molar-refractivity contribution in [2.75, 3.05) is 0 Å². The number of carbonyl (C=O) groups excluding carboxylic acids is 3. The molecule has 1 fully saturated rings. The van der Waals surface area contributed by atoms with E-state index in [1.54, 1.807) is 17.6 Å². The lowest BCUT2D eigenvalue weighted by molar-refractivity contribution is -0.208. The first-order valence-electron chi connectivity index (χ1n) is 12.4. The van der Waals surface area contributed by atoms with Gasteiger partial charge in [0.25, 0.3) is 11.8 Å². The zero-order chi connectivity index (χ0) is 27.7. The minimum absolute atomic E-state index is 0.334. The number of hydrogen-bond acceptors (Lipinski definition) is 5. The van der Waals surface area contributed by atoms with E-state index >= 15 is 0 Å². The first-order valence-corrected chi connectivity index (χ1v) is 12.4. The number of fused-ring (bicyclic) bond motifs is 2. The van der Waals surface area contributed by atoms with Crippen LogP contribution in [0.1, 0.15) is 40.9 Å². The first kappa shape index (κ1) is 26.2. The molecule has 0 bridgehead atoms. The van der Waals surface area contributed by atoms with Gasteiger partial charge in [-0.2, -0.15) is 18.7 Å². The Morgan fingerprint density at radius 1 is 1.05 bits per heavy atom. The van der Waals surface area contributed by atoms with Gasteiger partial charge in [-0.3, -0.25) is 14.6 Å². The van der Waals surface area contributed by atoms with E-state index in [9.17, 15) is 27.6 Å². The first-order chi connectivity index (χ1) is 18.6. The summed E-state index contributed by atoms with van der Waals surface area (Å²) < 4.78 is 39.1. The summed E-state index contributed by atoms with van der Waals surface area (Å²) in [5.41, 5.74) is 5.75. The summed E-state index contributed by atoms with van der Waals surface area (Å²) in [5, 5.41) is 4.62. The number of alkyl halides is 3. The molecule has 2 N–H and O–H groups in total. The molecule has 0 radical (unpaired) electrons. The second kappa shape index (κ2) is 10.4. The summed E-state index contributed by atoms with van der Waals surface area (Å²) in [4.78, 5) is 45.1. The van der Waals surface area contributed by atoms with E-state index in [2.05, 4.69) is 15.1 Å². The molecule has 1 aliphatic rings. The van der Waals surface area contributed by atoms with Crippen molar-refractivity contribution in [1.82, 2.24) is 20.3 Å². The van der Waals surface area contributed by atoms with Crippen LogP contribution in [0.25, 0.3) is 21.8 Å². The zero-order valence-corrected chi connectivity index (χ0v) is 20.9. The molecule has 0 spiro atoms. The van der Waals surface area contributed by atoms with Gasteiger partial charge in [0.15, 0.2) is 0 Å². The molecule has 5 rings (SSSR count). The number of carbonyl (C=O) groups is 3. The highest BCUT2D eigenvalue weighted by atomic mass is 19.4. The van der Waals surface area contributed by atoms with Gasteiger partial charge >= 0.3 is 12.1 Å². The third-order valence-electron chi connectivity index (χ3n) is 6.97. The van der Waals surface area contributed by atoms with E-state index in [0.29, 0.717) is 31.4 Å². The average molecular weight is 539 g/mol. The molecule has 0 saturated heterocycles. The predicted octanol–water partition coefficient (Wildman–Crippen LogP) is 4.58. The second-order valence-electron chi connectivity index (χ2n) is 9.59. The van der Waals surface area contributed by atoms with Crippen LogP contribution in [0.4, 0.5) is 13.2 Å². The molecule has 11 heteroatoms. The minimum atomic E-state index is -5.23. The van der Waals surface area contributed by atoms with Crippen LogP contribution in [0.5, 0.6) is 0 Å². The monoisotopic (exact) mass is 538 g/mol. The smallest absolute Gasteiger partial charge is 0.348 e. The highest BCUT2D eigenvalue weighted by Gasteiger charge is 2.43. The molecule has 2 aromatic carbocycles. The number of hydrogen-bond donors (Lipinski definition) is 2. The van der Waals surface area contributed by atoms with Gasteiger partial charge in [0.1, 0.15) is 0 Å². The number of rotatable bonds is 5. The van der Waals surface area contributed by atoms with E-state index < -0.39 is 35.9 Å². The average Bonchev–Trinajstić information content (AvgIpc) is 3.53. The molecule has 4 aromatic rings. The van der Waals surface area contributed by atoms with E-state index in [4.69, 9.17) is 0 Å². The van der Waals surface area contributed by atoms with Crippen LogP contribution in [0, 0.1) is 12.8 Å². The van der Waals surface area contributed by atoms with Crippen LogP contribution in [0.2, 0.25) is 0 Å². The molecule has 8 nitrogen and oxygen atoms in total. The molecule has 2 aromatic heterocycles. The number of halogens is 3. The standard InChI is InChI=1S/C28H25F3N4O4/c1-16-14-17(18-6-2-3-9-22(18)32-16)15-35-13-12-19-20(7-5-11-24(19)35)25(36)33-23-10-4-8-21(23)26(37)34-39-27(38)28(29,30)31/h2-3,5-7,9,11-14,21,23H,4,8,10,15H2,1H3,(H,33,36)(H,34,37). The molecule has 0 aliphatic heterocycles. The van der Waals surface area contributed by atoms with Crippen LogP contribution in [0.15, 0.2) is 60.8 Å². The van der Waals surface area contributed by atoms with Crippen LogP contribution in [-0.2, 0) is 21.0 Å². The fourth-order valence-electron chi connectivity index (χ4n) is 5.19. The number of pyridine rings is 1. The van der Waals surface area contributed by atoms with Crippen LogP contribution in [0.3, 0.4) is 0 Å². The minimum Gasteiger partial charge on any atom is -0.348 e. The Kier molecular flexibility index (Phi) is 6.98. The van der Waals surface area contributed by atoms with Gasteiger partial charge in [-0.1, -0.05) is 30.7 Å². The second-order valence-corrected chi connectivity index (χ2v) is 9.59. The molecule has 2 amide bonds. The molecule has 2 unspecified atom stereocenters. The Balaban J connectivity index is 1.33. The van der Waals surface area contributed by atoms with E-state index in [1.165, 1.54) is 0 Å². The maximum absolute atomic E-state index is 13.3. The van der Waals surface area contributed by atoms with Crippen molar-refractivity contribution < 1.29 is 32.4 Å². The summed E-state index contributed by atoms with van der Waals surface area (Å²) in [7, 11) is 0. The number of para-hydroxylation sites is 1. The molecule has 1 saturated carbocycles. The van der Waals surface area contributed by atoms with Crippen LogP contribution >= 0.6 is 0 Å². The Morgan fingerprint density at radius 3 is 2.64 bits per heavy atom. The van der Waals surface area contributed by atoms with Crippen molar-refractivity contribution in [2.24, 2.45) is 5.92 Å². The maximum atomic E-state index is 13.3. The molecule has 2 atom stereocenters. The summed E-state index contributed by atoms with van der Waals surface area (Å²) in [5.74, 6) is -4.64. The molecular formula is C28H25F3N4O4. The van der Waals surface area contributed by atoms with Crippen molar-refractivity contribution in [3.8, 4) is 0 Å². The SMILES string of the molecule is Cc1cc(Cn2ccc3c(C(=O)NC4CCCC4C(=O)NOC(=O)C(F)(F)F)cccc32)c2ccccc2n1. The van der Waals surface area contributed by atoms with Crippen molar-refractivity contribution in [3.05, 3.63) is 77.6 Å². The largest absolute Gasteiger partial charge is 0.493 e. The Morgan fingerprint density at radius 2 is 1.85 bits per heavy atom. The number of benzene rings is 2. The number of aryl methyl sites for hydroxylation is 1. The number of nitrogens with zero attached hydrogens (tertiary/aromatic N) is 2. The van der Waals surface area contributed by atoms with E-state index in [-0.39, 0.29) is 0 Å². The lowest BCUT2D eigenvalue weighted by Gasteiger charge is -2.20. The fraction of sp³-hybridized carbons (Fsp3) is 0.286. The molecule has 1 aliphatic carbocycles. The molecule has 202 valence electrons. The summed E-state index contributed by atoms with van der Waals surface area (Å²) in [6.07, 6.45) is -1.94. The Hall–Kier alpha value is -4.41. The van der Waals surface area contributed by atoms with Gasteiger partial charge in [-0.05, 0) is 55.7 Å². The normalized spacial score (nSPS) is 17.3. The summed E-state index contributed by atoms with van der Waals surface area (Å²) >= 11 is 0. The quantitative estimate of drug-likeness (QED) is 0.362. The molecular weight excluding hydrogens is 513 g/mol. The maximum Gasteiger partial charge on any atom is 0.493 e. The summed E-state index contributed by atoms with van der Waals surface area (Å²) in [6.45, 7) is 2.52. The number of aromatic nitrogens is 2. The van der Waals surface area contributed by atoms with Crippen LogP contribution in [-0.4, -0.2) is 39.6 Å². The number of nitrogens with one attached hydrogen (secondary N) is 2. The topological polar surface area (TPSA) is 102 Å². The van der Waals surface area contributed by atoms with E-state index in [0.717, 1.165) is 33.1 Å². The van der Waals surface area contributed by atoms with Gasteiger partial charge in [0, 0.05) is 46.3 Å². The van der Waals surface area contributed by atoms with Crippen molar-refractivity contribution in [3.63, 3.8) is 0 Å². The third kappa shape index (κ3) is 5.43. The van der Waals surface area contributed by atoms with Crippen molar-refractivity contribution >= 4 is 39.6 Å². The highest BCUT2D eigenvalue weighted by molar-refractivity contribution is 6.07. The predicted molar refractivity (Wildman–Crippen MR) is 136 cm³/mol. The van der Waals surface area contributed by atoms with Crippen LogP contribution < -0.4 is 10.8 Å². The molecule has 2 heterocycles. The van der Waals surface area contributed by atoms with Gasteiger partial charge in [0.2, 0.25) is 0 Å². The fourth-order valence-corrected chi connectivity index (χ4v) is 5.19. The van der Waals surface area contributed by atoms with Gasteiger partial charge < -0.3 is 14.7 Å². The lowest BCUT2D eigenvalue weighted by atomic mass is 10.0. The number of amides is 2. The molecule has 39 heavy (non-hydrogen) atoms. The van der Waals surface area contributed by atoms with E-state index in [1.807, 2.05) is 60.2 Å². The van der Waals surface area contributed by atoms with Crippen molar-refractivity contribution in [2.45, 2.75) is 44.9 Å². The van der Waals surface area contributed by atoms with Gasteiger partial charge in [-0.25, -0.2) is 4.79 Å². The number of hydroxylamine groups is 1. The Labute approximate surface area is 221 Å². The summed E-state index contributed by atoms with van der Waals surface area (Å²) in [6, 6.07) is 16.6. The highest BCUT2D eigenvalue weighted by Crippen LogP contribution is 2.28. The lowest BCUT2D eigenvalue weighted by Crippen LogP contribution is -2.45. The third-order valence-corrected chi connectivity index (χ3v) is 6.97. The van der Waals surface area contributed by atoms with Gasteiger partial charge in [0.05, 0.1) is 11.4 Å².